The van der Waals surface area contributed by atoms with Crippen molar-refractivity contribution in [3.63, 3.8) is 0 Å². The van der Waals surface area contributed by atoms with E-state index in [1.807, 2.05) is 26.2 Å². The summed E-state index contributed by atoms with van der Waals surface area (Å²) in [5, 5.41) is 8.00. The average Bonchev–Trinajstić information content (AvgIpc) is 2.84. The van der Waals surface area contributed by atoms with Gasteiger partial charge < -0.3 is 15.0 Å². The molecule has 2 heterocycles. The van der Waals surface area contributed by atoms with Gasteiger partial charge in [-0.3, -0.25) is 9.48 Å². The number of hydrogen-bond acceptors (Lipinski definition) is 4. The lowest BCUT2D eigenvalue weighted by Gasteiger charge is -2.32. The molecule has 7 heteroatoms. The van der Waals surface area contributed by atoms with Crippen molar-refractivity contribution in [2.24, 2.45) is 13.0 Å². The van der Waals surface area contributed by atoms with Crippen LogP contribution >= 0.6 is 12.2 Å². The maximum Gasteiger partial charge on any atom is 0.309 e. The lowest BCUT2D eigenvalue weighted by Crippen LogP contribution is -2.42. The van der Waals surface area contributed by atoms with Crippen LogP contribution in [-0.2, 0) is 16.6 Å². The van der Waals surface area contributed by atoms with E-state index in [4.69, 9.17) is 17.0 Å². The highest BCUT2D eigenvalue weighted by Crippen LogP contribution is 2.19. The van der Waals surface area contributed by atoms with Gasteiger partial charge in [0, 0.05) is 32.4 Å². The minimum atomic E-state index is -0.0873. The average molecular weight is 296 g/mol. The molecule has 1 aliphatic heterocycles. The predicted octanol–water partition coefficient (Wildman–Crippen LogP) is 1.39. The van der Waals surface area contributed by atoms with Gasteiger partial charge >= 0.3 is 5.97 Å². The summed E-state index contributed by atoms with van der Waals surface area (Å²) in [4.78, 5) is 13.7. The molecule has 0 atom stereocenters. The van der Waals surface area contributed by atoms with Crippen molar-refractivity contribution in [2.75, 3.05) is 25.0 Å². The van der Waals surface area contributed by atoms with Crippen molar-refractivity contribution in [3.8, 4) is 0 Å². The van der Waals surface area contributed by atoms with E-state index in [2.05, 4.69) is 15.3 Å². The van der Waals surface area contributed by atoms with Gasteiger partial charge in [0.05, 0.1) is 12.5 Å². The van der Waals surface area contributed by atoms with Crippen LogP contribution < -0.4 is 5.32 Å². The van der Waals surface area contributed by atoms with Gasteiger partial charge in [-0.05, 0) is 32.0 Å². The second kappa shape index (κ2) is 6.69. The number of anilines is 1. The van der Waals surface area contributed by atoms with Crippen LogP contribution in [0, 0.1) is 5.92 Å². The Labute approximate surface area is 124 Å². The summed E-state index contributed by atoms with van der Waals surface area (Å²) in [5.74, 6) is 0.657. The quantitative estimate of drug-likeness (QED) is 0.672. The molecule has 2 rings (SSSR count). The van der Waals surface area contributed by atoms with Gasteiger partial charge in [-0.1, -0.05) is 0 Å². The number of ether oxygens (including phenoxy) is 1. The first-order chi connectivity index (χ1) is 9.60. The van der Waals surface area contributed by atoms with Crippen LogP contribution in [0.2, 0.25) is 0 Å². The van der Waals surface area contributed by atoms with Crippen LogP contribution in [0.25, 0.3) is 0 Å². The third-order valence-electron chi connectivity index (χ3n) is 3.35. The maximum atomic E-state index is 11.7. The molecule has 1 aliphatic rings. The highest BCUT2D eigenvalue weighted by Gasteiger charge is 2.27. The number of nitrogens with one attached hydrogen (secondary N) is 1. The maximum absolute atomic E-state index is 11.7. The molecule has 110 valence electrons. The van der Waals surface area contributed by atoms with Gasteiger partial charge in [0.1, 0.15) is 0 Å². The van der Waals surface area contributed by atoms with E-state index in [1.54, 1.807) is 4.68 Å². The van der Waals surface area contributed by atoms with Gasteiger partial charge in [0.15, 0.2) is 10.9 Å². The van der Waals surface area contributed by atoms with Crippen LogP contribution in [0.5, 0.6) is 0 Å². The van der Waals surface area contributed by atoms with Crippen molar-refractivity contribution >= 4 is 29.1 Å². The van der Waals surface area contributed by atoms with E-state index in [-0.39, 0.29) is 11.9 Å². The number of likely N-dealkylation sites (tertiary alicyclic amines) is 1. The first-order valence-corrected chi connectivity index (χ1v) is 7.23. The van der Waals surface area contributed by atoms with E-state index < -0.39 is 0 Å². The molecule has 0 unspecified atom stereocenters. The zero-order chi connectivity index (χ0) is 14.5. The highest BCUT2D eigenvalue weighted by molar-refractivity contribution is 7.80. The third-order valence-corrected chi connectivity index (χ3v) is 3.71. The zero-order valence-corrected chi connectivity index (χ0v) is 12.7. The molecule has 0 spiro atoms. The summed E-state index contributed by atoms with van der Waals surface area (Å²) >= 11 is 5.37. The number of esters is 1. The van der Waals surface area contributed by atoms with Gasteiger partial charge in [-0.2, -0.15) is 5.10 Å². The Morgan fingerprint density at radius 3 is 2.80 bits per heavy atom. The van der Waals surface area contributed by atoms with E-state index in [1.165, 1.54) is 0 Å². The largest absolute Gasteiger partial charge is 0.466 e. The first-order valence-electron chi connectivity index (χ1n) is 6.82. The molecular formula is C13H20N4O2S. The van der Waals surface area contributed by atoms with Crippen molar-refractivity contribution in [1.82, 2.24) is 14.7 Å². The first kappa shape index (κ1) is 14.8. The second-order valence-corrected chi connectivity index (χ2v) is 5.20. The number of aromatic nitrogens is 2. The Balaban J connectivity index is 1.81. The zero-order valence-electron chi connectivity index (χ0n) is 11.8. The molecule has 0 bridgehead atoms. The number of rotatable bonds is 3. The molecule has 6 nitrogen and oxygen atoms in total. The summed E-state index contributed by atoms with van der Waals surface area (Å²) in [6.07, 6.45) is 3.42. The molecule has 0 amide bonds. The van der Waals surface area contributed by atoms with Gasteiger partial charge in [-0.25, -0.2) is 0 Å². The van der Waals surface area contributed by atoms with E-state index in [9.17, 15) is 4.79 Å². The van der Waals surface area contributed by atoms with Gasteiger partial charge in [-0.15, -0.1) is 0 Å². The predicted molar refractivity (Wildman–Crippen MR) is 80.4 cm³/mol. The molecule has 1 aromatic rings. The van der Waals surface area contributed by atoms with E-state index in [0.717, 1.165) is 31.7 Å². The number of carbonyl (C=O) groups is 1. The molecule has 0 saturated carbocycles. The molecule has 1 fully saturated rings. The highest BCUT2D eigenvalue weighted by atomic mass is 32.1. The third kappa shape index (κ3) is 3.69. The number of aryl methyl sites for hydroxylation is 1. The standard InChI is InChI=1S/C13H20N4O2S/c1-3-19-12(18)10-4-8-17(9-5-10)13(20)14-11-6-7-16(2)15-11/h6-7,10H,3-5,8-9H2,1-2H3,(H,14,15,20). The van der Waals surface area contributed by atoms with Gasteiger partial charge in [0.2, 0.25) is 0 Å². The number of thiocarbonyl (C=S) groups is 1. The lowest BCUT2D eigenvalue weighted by molar-refractivity contribution is -0.149. The van der Waals surface area contributed by atoms with Crippen LogP contribution in [0.3, 0.4) is 0 Å². The summed E-state index contributed by atoms with van der Waals surface area (Å²) in [5.41, 5.74) is 0. The second-order valence-electron chi connectivity index (χ2n) is 4.82. The van der Waals surface area contributed by atoms with E-state index >= 15 is 0 Å². The SMILES string of the molecule is CCOC(=O)C1CCN(C(=S)Nc2ccn(C)n2)CC1. The number of carbonyl (C=O) groups excluding carboxylic acids is 1. The summed E-state index contributed by atoms with van der Waals surface area (Å²) in [6, 6.07) is 1.87. The summed E-state index contributed by atoms with van der Waals surface area (Å²) in [7, 11) is 1.86. The fourth-order valence-corrected chi connectivity index (χ4v) is 2.54. The Morgan fingerprint density at radius 2 is 2.25 bits per heavy atom. The van der Waals surface area contributed by atoms with Crippen LogP contribution in [-0.4, -0.2) is 45.5 Å². The summed E-state index contributed by atoms with van der Waals surface area (Å²) < 4.78 is 6.78. The Hall–Kier alpha value is -1.63. The van der Waals surface area contributed by atoms with Crippen molar-refractivity contribution in [1.29, 1.82) is 0 Å². The Morgan fingerprint density at radius 1 is 1.55 bits per heavy atom. The van der Waals surface area contributed by atoms with Crippen LogP contribution in [0.4, 0.5) is 5.82 Å². The fraction of sp³-hybridized carbons (Fsp3) is 0.615. The number of nitrogens with zero attached hydrogens (tertiary/aromatic N) is 3. The normalized spacial score (nSPS) is 16.0. The van der Waals surface area contributed by atoms with Gasteiger partial charge in [0.25, 0.3) is 0 Å². The molecule has 20 heavy (non-hydrogen) atoms. The number of hydrogen-bond donors (Lipinski definition) is 1. The molecular weight excluding hydrogens is 276 g/mol. The van der Waals surface area contributed by atoms with Crippen LogP contribution in [0.1, 0.15) is 19.8 Å². The van der Waals surface area contributed by atoms with E-state index in [0.29, 0.717) is 11.7 Å². The summed E-state index contributed by atoms with van der Waals surface area (Å²) in [6.45, 7) is 3.81. The van der Waals surface area contributed by atoms with Crippen molar-refractivity contribution < 1.29 is 9.53 Å². The fourth-order valence-electron chi connectivity index (χ4n) is 2.25. The molecule has 1 aromatic heterocycles. The molecule has 0 aromatic carbocycles. The molecule has 1 N–H and O–H groups in total. The van der Waals surface area contributed by atoms with Crippen LogP contribution in [0.15, 0.2) is 12.3 Å². The molecule has 0 radical (unpaired) electrons. The molecule has 1 saturated heterocycles. The Kier molecular flexibility index (Phi) is 4.94. The lowest BCUT2D eigenvalue weighted by atomic mass is 9.97. The Bertz CT molecular complexity index is 480. The van der Waals surface area contributed by atoms with Crippen molar-refractivity contribution in [2.45, 2.75) is 19.8 Å². The van der Waals surface area contributed by atoms with Crippen molar-refractivity contribution in [3.05, 3.63) is 12.3 Å². The molecule has 0 aliphatic carbocycles. The minimum absolute atomic E-state index is 0.00357. The topological polar surface area (TPSA) is 59.4 Å². The number of piperidine rings is 1. The minimum Gasteiger partial charge on any atom is -0.466 e. The smallest absolute Gasteiger partial charge is 0.309 e. The monoisotopic (exact) mass is 296 g/mol.